The van der Waals surface area contributed by atoms with E-state index < -0.39 is 30.3 Å². The third-order valence-corrected chi connectivity index (χ3v) is 2.24. The van der Waals surface area contributed by atoms with Gasteiger partial charge in [0.25, 0.3) is 0 Å². The summed E-state index contributed by atoms with van der Waals surface area (Å²) >= 11 is 0. The third-order valence-electron chi connectivity index (χ3n) is 2.24. The highest BCUT2D eigenvalue weighted by atomic mass is 19.4. The molecule has 1 aliphatic carbocycles. The van der Waals surface area contributed by atoms with Crippen molar-refractivity contribution in [3.8, 4) is 0 Å². The van der Waals surface area contributed by atoms with E-state index in [-0.39, 0.29) is 19.3 Å². The number of hydrogen-bond acceptors (Lipinski definition) is 1. The van der Waals surface area contributed by atoms with Crippen molar-refractivity contribution in [1.82, 2.24) is 0 Å². The highest BCUT2D eigenvalue weighted by molar-refractivity contribution is 5.03. The molecule has 1 fully saturated rings. The first-order valence-electron chi connectivity index (χ1n) is 4.26. The molecule has 1 nitrogen and oxygen atoms in total. The Balaban J connectivity index is 2.70. The topological polar surface area (TPSA) is 9.23 Å². The van der Waals surface area contributed by atoms with E-state index >= 15 is 0 Å². The molecule has 0 spiro atoms. The van der Waals surface area contributed by atoms with Gasteiger partial charge in [0.15, 0.2) is 5.83 Å². The van der Waals surface area contributed by atoms with Gasteiger partial charge in [-0.1, -0.05) is 6.42 Å². The minimum absolute atomic E-state index is 0.0517. The zero-order valence-electron chi connectivity index (χ0n) is 7.45. The number of ether oxygens (including phenoxy) is 1. The lowest BCUT2D eigenvalue weighted by atomic mass is 10.1. The molecule has 0 N–H and O–H groups in total. The lowest BCUT2D eigenvalue weighted by Crippen LogP contribution is -2.27. The summed E-state index contributed by atoms with van der Waals surface area (Å²) in [5.41, 5.74) is 0. The van der Waals surface area contributed by atoms with Crippen LogP contribution in [0.2, 0.25) is 0 Å². The Morgan fingerprint density at radius 3 is 2.13 bits per heavy atom. The smallest absolute Gasteiger partial charge is 0.288 e. The number of hydrogen-bond donors (Lipinski definition) is 0. The first-order chi connectivity index (χ1) is 6.81. The van der Waals surface area contributed by atoms with Gasteiger partial charge in [-0.05, 0) is 12.8 Å². The molecule has 0 aliphatic heterocycles. The van der Waals surface area contributed by atoms with Crippen LogP contribution in [0.5, 0.6) is 0 Å². The number of halogens is 6. The van der Waals surface area contributed by atoms with Gasteiger partial charge >= 0.3 is 12.4 Å². The molecule has 0 saturated heterocycles. The third kappa shape index (κ3) is 3.40. The molecule has 0 heterocycles. The normalized spacial score (nSPS) is 26.8. The molecule has 88 valence electrons. The molecular formula is C8H8F6O. The summed E-state index contributed by atoms with van der Waals surface area (Å²) in [6.45, 7) is 0. The van der Waals surface area contributed by atoms with Crippen molar-refractivity contribution in [2.75, 3.05) is 0 Å². The molecule has 1 rings (SSSR count). The Morgan fingerprint density at radius 1 is 1.07 bits per heavy atom. The summed E-state index contributed by atoms with van der Waals surface area (Å²) in [5, 5.41) is 0. The van der Waals surface area contributed by atoms with Gasteiger partial charge in [-0.3, -0.25) is 4.74 Å². The summed E-state index contributed by atoms with van der Waals surface area (Å²) in [6, 6.07) is 0. The Kier molecular flexibility index (Phi) is 3.64. The molecule has 2 atom stereocenters. The van der Waals surface area contributed by atoms with Gasteiger partial charge in [0.2, 0.25) is 0 Å². The van der Waals surface area contributed by atoms with Crippen LogP contribution >= 0.6 is 0 Å². The van der Waals surface area contributed by atoms with Crippen molar-refractivity contribution in [3.05, 3.63) is 11.9 Å². The molecule has 0 radical (unpaired) electrons. The molecule has 1 saturated carbocycles. The van der Waals surface area contributed by atoms with Crippen molar-refractivity contribution < 1.29 is 31.1 Å². The Morgan fingerprint density at radius 2 is 1.67 bits per heavy atom. The SMILES string of the molecule is FC(F)=C(F)C1CCCC1OC(F)(F)F. The van der Waals surface area contributed by atoms with E-state index in [9.17, 15) is 26.3 Å². The summed E-state index contributed by atoms with van der Waals surface area (Å²) in [6.07, 6.45) is -8.90. The van der Waals surface area contributed by atoms with Crippen LogP contribution < -0.4 is 0 Å². The van der Waals surface area contributed by atoms with E-state index in [1.165, 1.54) is 0 Å². The predicted octanol–water partition coefficient (Wildman–Crippen LogP) is 3.77. The molecule has 7 heteroatoms. The molecule has 2 unspecified atom stereocenters. The van der Waals surface area contributed by atoms with Crippen molar-refractivity contribution in [2.24, 2.45) is 5.92 Å². The second-order valence-corrected chi connectivity index (χ2v) is 3.25. The fraction of sp³-hybridized carbons (Fsp3) is 0.750. The molecule has 15 heavy (non-hydrogen) atoms. The molecular weight excluding hydrogens is 226 g/mol. The average Bonchev–Trinajstić information content (AvgIpc) is 2.47. The summed E-state index contributed by atoms with van der Waals surface area (Å²) in [4.78, 5) is 0. The van der Waals surface area contributed by atoms with Gasteiger partial charge in [0.05, 0.1) is 6.10 Å². The zero-order valence-corrected chi connectivity index (χ0v) is 7.45. The maximum absolute atomic E-state index is 12.7. The van der Waals surface area contributed by atoms with Crippen LogP contribution in [0.25, 0.3) is 0 Å². The minimum Gasteiger partial charge on any atom is -0.288 e. The van der Waals surface area contributed by atoms with Gasteiger partial charge in [-0.2, -0.15) is 8.78 Å². The molecule has 1 aliphatic rings. The summed E-state index contributed by atoms with van der Waals surface area (Å²) < 4.78 is 75.4. The largest absolute Gasteiger partial charge is 0.522 e. The number of alkyl halides is 3. The quantitative estimate of drug-likeness (QED) is 0.661. The fourth-order valence-electron chi connectivity index (χ4n) is 1.67. The lowest BCUT2D eigenvalue weighted by Gasteiger charge is -2.19. The second kappa shape index (κ2) is 4.42. The Bertz CT molecular complexity index is 254. The molecule has 0 aromatic rings. The number of rotatable bonds is 2. The maximum Gasteiger partial charge on any atom is 0.522 e. The molecule has 0 bridgehead atoms. The average molecular weight is 234 g/mol. The van der Waals surface area contributed by atoms with Gasteiger partial charge in [0, 0.05) is 5.92 Å². The summed E-state index contributed by atoms with van der Waals surface area (Å²) in [7, 11) is 0. The van der Waals surface area contributed by atoms with Crippen LogP contribution in [0.15, 0.2) is 11.9 Å². The van der Waals surface area contributed by atoms with Gasteiger partial charge < -0.3 is 0 Å². The standard InChI is InChI=1S/C8H8F6O/c9-6(7(10)11)4-2-1-3-5(4)15-8(12,13)14/h4-5H,1-3H2. The van der Waals surface area contributed by atoms with Gasteiger partial charge in [-0.15, -0.1) is 13.2 Å². The first kappa shape index (κ1) is 12.4. The monoisotopic (exact) mass is 234 g/mol. The highest BCUT2D eigenvalue weighted by Crippen LogP contribution is 2.39. The highest BCUT2D eigenvalue weighted by Gasteiger charge is 2.41. The van der Waals surface area contributed by atoms with E-state index in [0.29, 0.717) is 0 Å². The second-order valence-electron chi connectivity index (χ2n) is 3.25. The van der Waals surface area contributed by atoms with E-state index in [1.54, 1.807) is 0 Å². The summed E-state index contributed by atoms with van der Waals surface area (Å²) in [5.74, 6) is -3.27. The van der Waals surface area contributed by atoms with E-state index in [1.807, 2.05) is 0 Å². The molecule has 0 aromatic carbocycles. The van der Waals surface area contributed by atoms with Crippen LogP contribution in [-0.2, 0) is 4.74 Å². The van der Waals surface area contributed by atoms with E-state index in [0.717, 1.165) is 0 Å². The lowest BCUT2D eigenvalue weighted by molar-refractivity contribution is -0.345. The maximum atomic E-state index is 12.7. The molecule has 0 amide bonds. The Labute approximate surface area is 81.7 Å². The fourth-order valence-corrected chi connectivity index (χ4v) is 1.67. The minimum atomic E-state index is -4.92. The van der Waals surface area contributed by atoms with Gasteiger partial charge in [0.1, 0.15) is 0 Å². The van der Waals surface area contributed by atoms with E-state index in [4.69, 9.17) is 0 Å². The van der Waals surface area contributed by atoms with Crippen molar-refractivity contribution in [3.63, 3.8) is 0 Å². The first-order valence-corrected chi connectivity index (χ1v) is 4.26. The zero-order chi connectivity index (χ0) is 11.6. The Hall–Kier alpha value is -0.720. The van der Waals surface area contributed by atoms with Crippen LogP contribution in [-0.4, -0.2) is 12.5 Å². The van der Waals surface area contributed by atoms with Crippen LogP contribution in [0, 0.1) is 5.92 Å². The molecule has 0 aromatic heterocycles. The van der Waals surface area contributed by atoms with Crippen molar-refractivity contribution in [2.45, 2.75) is 31.7 Å². The van der Waals surface area contributed by atoms with Gasteiger partial charge in [-0.25, -0.2) is 4.39 Å². The van der Waals surface area contributed by atoms with Crippen LogP contribution in [0.4, 0.5) is 26.3 Å². The van der Waals surface area contributed by atoms with Crippen LogP contribution in [0.3, 0.4) is 0 Å². The van der Waals surface area contributed by atoms with Crippen molar-refractivity contribution >= 4 is 0 Å². The van der Waals surface area contributed by atoms with Crippen molar-refractivity contribution in [1.29, 1.82) is 0 Å². The van der Waals surface area contributed by atoms with Crippen LogP contribution in [0.1, 0.15) is 19.3 Å². The predicted molar refractivity (Wildman–Crippen MR) is 38.6 cm³/mol. The van der Waals surface area contributed by atoms with E-state index in [2.05, 4.69) is 4.74 Å².